The van der Waals surface area contributed by atoms with E-state index < -0.39 is 0 Å². The SMILES string of the molecule is O=C(C1CCCO1)N1CCC2(CC1)CN(c1ccncc1F)CCO2. The first kappa shape index (κ1) is 16.7. The van der Waals surface area contributed by atoms with Crippen LogP contribution in [0.4, 0.5) is 10.1 Å². The summed E-state index contributed by atoms with van der Waals surface area (Å²) in [4.78, 5) is 20.3. The largest absolute Gasteiger partial charge is 0.371 e. The zero-order chi connectivity index (χ0) is 17.3. The number of ether oxygens (including phenoxy) is 2. The highest BCUT2D eigenvalue weighted by Crippen LogP contribution is 2.33. The van der Waals surface area contributed by atoms with Gasteiger partial charge in [-0.15, -0.1) is 0 Å². The molecule has 0 aliphatic carbocycles. The Kier molecular flexibility index (Phi) is 4.60. The Balaban J connectivity index is 1.40. The number of nitrogens with zero attached hydrogens (tertiary/aromatic N) is 3. The van der Waals surface area contributed by atoms with Crippen molar-refractivity contribution >= 4 is 11.6 Å². The molecule has 1 unspecified atom stereocenters. The maximum absolute atomic E-state index is 14.1. The molecule has 3 aliphatic heterocycles. The van der Waals surface area contributed by atoms with E-state index in [-0.39, 0.29) is 23.4 Å². The number of halogens is 1. The molecule has 1 aromatic rings. The van der Waals surface area contributed by atoms with E-state index in [1.807, 2.05) is 9.80 Å². The Morgan fingerprint density at radius 1 is 1.28 bits per heavy atom. The van der Waals surface area contributed by atoms with E-state index >= 15 is 0 Å². The second-order valence-corrected chi connectivity index (χ2v) is 7.11. The summed E-state index contributed by atoms with van der Waals surface area (Å²) in [7, 11) is 0. The van der Waals surface area contributed by atoms with Crippen molar-refractivity contribution in [1.29, 1.82) is 0 Å². The molecule has 0 radical (unpaired) electrons. The molecule has 136 valence electrons. The summed E-state index contributed by atoms with van der Waals surface area (Å²) >= 11 is 0. The zero-order valence-corrected chi connectivity index (χ0v) is 14.3. The summed E-state index contributed by atoms with van der Waals surface area (Å²) in [6.45, 7) is 3.92. The quantitative estimate of drug-likeness (QED) is 0.812. The van der Waals surface area contributed by atoms with Crippen molar-refractivity contribution in [2.24, 2.45) is 0 Å². The van der Waals surface area contributed by atoms with Crippen molar-refractivity contribution in [1.82, 2.24) is 9.88 Å². The van der Waals surface area contributed by atoms with Crippen LogP contribution in [0.2, 0.25) is 0 Å². The van der Waals surface area contributed by atoms with Crippen LogP contribution in [-0.4, -0.2) is 66.9 Å². The predicted molar refractivity (Wildman–Crippen MR) is 89.9 cm³/mol. The Morgan fingerprint density at radius 2 is 2.12 bits per heavy atom. The summed E-state index contributed by atoms with van der Waals surface area (Å²) in [5, 5.41) is 0. The van der Waals surface area contributed by atoms with Crippen LogP contribution < -0.4 is 4.90 Å². The fraction of sp³-hybridized carbons (Fsp3) is 0.667. The molecule has 1 aromatic heterocycles. The van der Waals surface area contributed by atoms with Gasteiger partial charge in [0.1, 0.15) is 6.10 Å². The average molecular weight is 349 g/mol. The lowest BCUT2D eigenvalue weighted by atomic mass is 9.89. The Hall–Kier alpha value is -1.73. The van der Waals surface area contributed by atoms with Gasteiger partial charge < -0.3 is 19.3 Å². The number of hydrogen-bond donors (Lipinski definition) is 0. The second kappa shape index (κ2) is 6.88. The molecule has 7 heteroatoms. The van der Waals surface area contributed by atoms with Crippen molar-refractivity contribution in [3.8, 4) is 0 Å². The number of piperidine rings is 1. The highest BCUT2D eigenvalue weighted by molar-refractivity contribution is 5.81. The lowest BCUT2D eigenvalue weighted by Gasteiger charge is -2.48. The molecule has 0 bridgehead atoms. The fourth-order valence-corrected chi connectivity index (χ4v) is 4.09. The molecule has 1 spiro atoms. The molecule has 3 aliphatic rings. The van der Waals surface area contributed by atoms with Gasteiger partial charge in [-0.3, -0.25) is 9.78 Å². The van der Waals surface area contributed by atoms with E-state index in [1.165, 1.54) is 6.20 Å². The van der Waals surface area contributed by atoms with Gasteiger partial charge >= 0.3 is 0 Å². The molecule has 0 N–H and O–H groups in total. The highest BCUT2D eigenvalue weighted by Gasteiger charge is 2.42. The zero-order valence-electron chi connectivity index (χ0n) is 14.3. The number of pyridine rings is 1. The van der Waals surface area contributed by atoms with Crippen molar-refractivity contribution in [2.45, 2.75) is 37.4 Å². The number of carbonyl (C=O) groups excluding carboxylic acids is 1. The van der Waals surface area contributed by atoms with Gasteiger partial charge in [-0.05, 0) is 31.7 Å². The average Bonchev–Trinajstić information content (AvgIpc) is 3.17. The summed E-state index contributed by atoms with van der Waals surface area (Å²) in [6, 6.07) is 1.71. The molecule has 1 amide bonds. The van der Waals surface area contributed by atoms with Gasteiger partial charge in [-0.25, -0.2) is 4.39 Å². The Bertz CT molecular complexity index is 628. The molecule has 3 fully saturated rings. The van der Waals surface area contributed by atoms with Crippen LogP contribution in [0.15, 0.2) is 18.5 Å². The normalized spacial score (nSPS) is 26.2. The van der Waals surface area contributed by atoms with Gasteiger partial charge in [-0.1, -0.05) is 0 Å². The van der Waals surface area contributed by atoms with E-state index in [9.17, 15) is 9.18 Å². The van der Waals surface area contributed by atoms with Gasteiger partial charge in [0.25, 0.3) is 5.91 Å². The Morgan fingerprint density at radius 3 is 2.84 bits per heavy atom. The third-order valence-corrected chi connectivity index (χ3v) is 5.53. The summed E-state index contributed by atoms with van der Waals surface area (Å²) in [5.74, 6) is -0.189. The van der Waals surface area contributed by atoms with Crippen LogP contribution in [0, 0.1) is 5.82 Å². The van der Waals surface area contributed by atoms with Crippen molar-refractivity contribution in [3.63, 3.8) is 0 Å². The molecule has 6 nitrogen and oxygen atoms in total. The number of rotatable bonds is 2. The number of anilines is 1. The minimum absolute atomic E-state index is 0.111. The number of hydrogen-bond acceptors (Lipinski definition) is 5. The Labute approximate surface area is 146 Å². The predicted octanol–water partition coefficient (Wildman–Crippen LogP) is 1.60. The minimum atomic E-state index is -0.304. The molecule has 4 rings (SSSR count). The topological polar surface area (TPSA) is 54.9 Å². The van der Waals surface area contributed by atoms with E-state index in [2.05, 4.69) is 4.98 Å². The second-order valence-electron chi connectivity index (χ2n) is 7.11. The first-order valence-corrected chi connectivity index (χ1v) is 9.06. The highest BCUT2D eigenvalue weighted by atomic mass is 19.1. The molecule has 0 aromatic carbocycles. The lowest BCUT2D eigenvalue weighted by molar-refractivity contribution is -0.148. The van der Waals surface area contributed by atoms with Gasteiger partial charge in [-0.2, -0.15) is 0 Å². The molecule has 4 heterocycles. The van der Waals surface area contributed by atoms with Crippen LogP contribution >= 0.6 is 0 Å². The van der Waals surface area contributed by atoms with Crippen molar-refractivity contribution < 1.29 is 18.7 Å². The maximum atomic E-state index is 14.1. The number of amides is 1. The summed E-state index contributed by atoms with van der Waals surface area (Å²) < 4.78 is 25.7. The van der Waals surface area contributed by atoms with E-state index in [4.69, 9.17) is 9.47 Å². The molecule has 1 atom stereocenters. The van der Waals surface area contributed by atoms with Crippen molar-refractivity contribution in [3.05, 3.63) is 24.3 Å². The molecular weight excluding hydrogens is 325 g/mol. The standard InChI is InChI=1S/C18H24FN3O3/c19-14-12-20-6-3-15(14)22-9-11-25-18(13-22)4-7-21(8-5-18)17(23)16-2-1-10-24-16/h3,6,12,16H,1-2,4-5,7-11,13H2. The smallest absolute Gasteiger partial charge is 0.251 e. The van der Waals surface area contributed by atoms with Crippen LogP contribution in [0.1, 0.15) is 25.7 Å². The first-order chi connectivity index (χ1) is 12.2. The van der Waals surface area contributed by atoms with Gasteiger partial charge in [0.2, 0.25) is 0 Å². The number of morpholine rings is 1. The monoisotopic (exact) mass is 349 g/mol. The minimum Gasteiger partial charge on any atom is -0.371 e. The van der Waals surface area contributed by atoms with Gasteiger partial charge in [0.05, 0.1) is 24.1 Å². The molecule has 0 saturated carbocycles. The molecule has 3 saturated heterocycles. The van der Waals surface area contributed by atoms with Crippen LogP contribution in [0.3, 0.4) is 0 Å². The molecule has 25 heavy (non-hydrogen) atoms. The van der Waals surface area contributed by atoms with Gasteiger partial charge in [0.15, 0.2) is 5.82 Å². The van der Waals surface area contributed by atoms with E-state index in [0.29, 0.717) is 45.1 Å². The van der Waals surface area contributed by atoms with Crippen LogP contribution in [-0.2, 0) is 14.3 Å². The van der Waals surface area contributed by atoms with E-state index in [0.717, 1.165) is 25.7 Å². The number of aromatic nitrogens is 1. The summed E-state index contributed by atoms with van der Waals surface area (Å²) in [5.41, 5.74) is 0.275. The van der Waals surface area contributed by atoms with Crippen molar-refractivity contribution in [2.75, 3.05) is 44.3 Å². The number of carbonyl (C=O) groups is 1. The number of likely N-dealkylation sites (tertiary alicyclic amines) is 1. The van der Waals surface area contributed by atoms with E-state index in [1.54, 1.807) is 12.3 Å². The third-order valence-electron chi connectivity index (χ3n) is 5.53. The fourth-order valence-electron chi connectivity index (χ4n) is 4.09. The third kappa shape index (κ3) is 3.35. The lowest BCUT2D eigenvalue weighted by Crippen LogP contribution is -2.58. The molecular formula is C18H24FN3O3. The summed E-state index contributed by atoms with van der Waals surface area (Å²) in [6.07, 6.45) is 5.94. The van der Waals surface area contributed by atoms with Crippen LogP contribution in [0.25, 0.3) is 0 Å². The maximum Gasteiger partial charge on any atom is 0.251 e. The first-order valence-electron chi connectivity index (χ1n) is 9.06. The van der Waals surface area contributed by atoms with Gasteiger partial charge in [0, 0.05) is 39.0 Å². The van der Waals surface area contributed by atoms with Crippen LogP contribution in [0.5, 0.6) is 0 Å².